The number of aryl methyl sites for hydroxylation is 1. The number of nitrogens with two attached hydrogens (primary N) is 1. The average molecular weight is 230 g/mol. The maximum absolute atomic E-state index is 6.14. The van der Waals surface area contributed by atoms with Crippen molar-refractivity contribution in [2.45, 2.75) is 13.0 Å². The van der Waals surface area contributed by atoms with Gasteiger partial charge in [0, 0.05) is 24.8 Å². The lowest BCUT2D eigenvalue weighted by atomic mass is 10.1. The molecular weight excluding hydrogens is 216 g/mol. The highest BCUT2D eigenvalue weighted by Gasteiger charge is 2.16. The lowest BCUT2D eigenvalue weighted by Crippen LogP contribution is -2.15. The van der Waals surface area contributed by atoms with E-state index in [0.717, 1.165) is 11.1 Å². The zero-order valence-electron chi connectivity index (χ0n) is 9.79. The molecule has 5 heteroatoms. The van der Waals surface area contributed by atoms with Crippen LogP contribution in [0, 0.1) is 6.92 Å². The van der Waals surface area contributed by atoms with Gasteiger partial charge in [0.15, 0.2) is 0 Å². The molecule has 2 rings (SSSR count). The van der Waals surface area contributed by atoms with Crippen molar-refractivity contribution in [1.82, 2.24) is 15.0 Å². The van der Waals surface area contributed by atoms with E-state index >= 15 is 0 Å². The first kappa shape index (κ1) is 11.5. The monoisotopic (exact) mass is 230 g/mol. The normalized spacial score (nSPS) is 12.2. The Morgan fingerprint density at radius 1 is 1.24 bits per heavy atom. The molecule has 0 radical (unpaired) electrons. The first-order valence-corrected chi connectivity index (χ1v) is 5.24. The van der Waals surface area contributed by atoms with Crippen LogP contribution in [0.2, 0.25) is 0 Å². The summed E-state index contributed by atoms with van der Waals surface area (Å²) < 4.78 is 5.14. The molecule has 0 saturated heterocycles. The highest BCUT2D eigenvalue weighted by Crippen LogP contribution is 2.23. The lowest BCUT2D eigenvalue weighted by molar-refractivity contribution is 0.387. The van der Waals surface area contributed by atoms with E-state index in [-0.39, 0.29) is 6.04 Å². The summed E-state index contributed by atoms with van der Waals surface area (Å²) in [5, 5.41) is 0. The highest BCUT2D eigenvalue weighted by molar-refractivity contribution is 5.32. The molecule has 1 unspecified atom stereocenters. The average Bonchev–Trinajstić information content (AvgIpc) is 2.38. The van der Waals surface area contributed by atoms with Crippen LogP contribution in [0.25, 0.3) is 0 Å². The van der Waals surface area contributed by atoms with Gasteiger partial charge in [-0.05, 0) is 18.1 Å². The second kappa shape index (κ2) is 4.88. The first-order chi connectivity index (χ1) is 8.22. The van der Waals surface area contributed by atoms with Crippen molar-refractivity contribution >= 4 is 0 Å². The highest BCUT2D eigenvalue weighted by atomic mass is 16.5. The summed E-state index contributed by atoms with van der Waals surface area (Å²) >= 11 is 0. The summed E-state index contributed by atoms with van der Waals surface area (Å²) in [6, 6.07) is 1.59. The molecule has 0 aliphatic carbocycles. The van der Waals surface area contributed by atoms with Crippen LogP contribution in [0.1, 0.15) is 22.9 Å². The van der Waals surface area contributed by atoms with Gasteiger partial charge in [-0.2, -0.15) is 0 Å². The van der Waals surface area contributed by atoms with E-state index in [0.29, 0.717) is 11.6 Å². The fourth-order valence-corrected chi connectivity index (χ4v) is 1.61. The van der Waals surface area contributed by atoms with Gasteiger partial charge in [0.25, 0.3) is 0 Å². The Balaban J connectivity index is 2.40. The van der Waals surface area contributed by atoms with E-state index in [9.17, 15) is 0 Å². The van der Waals surface area contributed by atoms with Crippen LogP contribution in [0.3, 0.4) is 0 Å². The van der Waals surface area contributed by atoms with Crippen molar-refractivity contribution in [2.24, 2.45) is 5.73 Å². The predicted octanol–water partition coefficient (Wildman–Crippen LogP) is 1.24. The number of hydrogen-bond donors (Lipinski definition) is 1. The Morgan fingerprint density at radius 2 is 2.00 bits per heavy atom. The van der Waals surface area contributed by atoms with E-state index in [4.69, 9.17) is 10.5 Å². The molecule has 2 N–H and O–H groups in total. The van der Waals surface area contributed by atoms with Crippen LogP contribution in [0.4, 0.5) is 0 Å². The van der Waals surface area contributed by atoms with Gasteiger partial charge < -0.3 is 10.5 Å². The Labute approximate surface area is 99.7 Å². The van der Waals surface area contributed by atoms with Gasteiger partial charge >= 0.3 is 0 Å². The SMILES string of the molecule is COc1nccnc1C(N)c1cncc(C)c1. The van der Waals surface area contributed by atoms with E-state index in [1.54, 1.807) is 31.9 Å². The third kappa shape index (κ3) is 2.39. The van der Waals surface area contributed by atoms with Crippen molar-refractivity contribution in [3.05, 3.63) is 47.7 Å². The standard InChI is InChI=1S/C12H14N4O/c1-8-5-9(7-14-6-8)10(13)11-12(17-2)16-4-3-15-11/h3-7,10H,13H2,1-2H3. The van der Waals surface area contributed by atoms with Crippen LogP contribution >= 0.6 is 0 Å². The van der Waals surface area contributed by atoms with Gasteiger partial charge in [0.1, 0.15) is 5.69 Å². The molecule has 0 amide bonds. The zero-order valence-corrected chi connectivity index (χ0v) is 9.79. The van der Waals surface area contributed by atoms with Crippen molar-refractivity contribution in [2.75, 3.05) is 7.11 Å². The molecule has 88 valence electrons. The molecule has 2 heterocycles. The maximum atomic E-state index is 6.14. The molecule has 0 aliphatic rings. The lowest BCUT2D eigenvalue weighted by Gasteiger charge is -2.13. The summed E-state index contributed by atoms with van der Waals surface area (Å²) in [4.78, 5) is 12.4. The van der Waals surface area contributed by atoms with Gasteiger partial charge in [-0.3, -0.25) is 9.97 Å². The van der Waals surface area contributed by atoms with Gasteiger partial charge in [0.2, 0.25) is 5.88 Å². The molecule has 0 spiro atoms. The molecular formula is C12H14N4O. The molecule has 2 aromatic rings. The van der Waals surface area contributed by atoms with Crippen molar-refractivity contribution in [3.8, 4) is 5.88 Å². The van der Waals surface area contributed by atoms with Crippen LogP contribution in [0.5, 0.6) is 5.88 Å². The van der Waals surface area contributed by atoms with Gasteiger partial charge in [-0.15, -0.1) is 0 Å². The third-order valence-electron chi connectivity index (χ3n) is 2.43. The Hall–Kier alpha value is -2.01. The fraction of sp³-hybridized carbons (Fsp3) is 0.250. The summed E-state index contributed by atoms with van der Waals surface area (Å²) in [6.07, 6.45) is 6.68. The quantitative estimate of drug-likeness (QED) is 0.858. The smallest absolute Gasteiger partial charge is 0.237 e. The molecule has 0 aliphatic heterocycles. The van der Waals surface area contributed by atoms with Crippen molar-refractivity contribution in [1.29, 1.82) is 0 Å². The van der Waals surface area contributed by atoms with Crippen molar-refractivity contribution < 1.29 is 4.74 Å². The number of nitrogens with zero attached hydrogens (tertiary/aromatic N) is 3. The summed E-state index contributed by atoms with van der Waals surface area (Å²) in [5.74, 6) is 0.446. The minimum atomic E-state index is -0.383. The van der Waals surface area contributed by atoms with Gasteiger partial charge in [0.05, 0.1) is 13.2 Å². The van der Waals surface area contributed by atoms with E-state index in [2.05, 4.69) is 15.0 Å². The number of rotatable bonds is 3. The van der Waals surface area contributed by atoms with Gasteiger partial charge in [-0.25, -0.2) is 4.98 Å². The third-order valence-corrected chi connectivity index (χ3v) is 2.43. The first-order valence-electron chi connectivity index (χ1n) is 5.24. The number of aromatic nitrogens is 3. The summed E-state index contributed by atoms with van der Waals surface area (Å²) in [5.41, 5.74) is 8.70. The largest absolute Gasteiger partial charge is 0.480 e. The van der Waals surface area contributed by atoms with Crippen LogP contribution in [-0.2, 0) is 0 Å². The zero-order chi connectivity index (χ0) is 12.3. The number of methoxy groups -OCH3 is 1. The number of pyridine rings is 1. The minimum absolute atomic E-state index is 0.383. The molecule has 17 heavy (non-hydrogen) atoms. The molecule has 0 saturated carbocycles. The van der Waals surface area contributed by atoms with E-state index in [1.165, 1.54) is 0 Å². The Morgan fingerprint density at radius 3 is 2.71 bits per heavy atom. The minimum Gasteiger partial charge on any atom is -0.480 e. The molecule has 0 bridgehead atoms. The molecule has 5 nitrogen and oxygen atoms in total. The number of hydrogen-bond acceptors (Lipinski definition) is 5. The maximum Gasteiger partial charge on any atom is 0.237 e. The molecule has 0 fully saturated rings. The van der Waals surface area contributed by atoms with E-state index in [1.807, 2.05) is 13.0 Å². The second-order valence-corrected chi connectivity index (χ2v) is 3.72. The summed E-state index contributed by atoms with van der Waals surface area (Å²) in [7, 11) is 1.55. The van der Waals surface area contributed by atoms with Crippen molar-refractivity contribution in [3.63, 3.8) is 0 Å². The van der Waals surface area contributed by atoms with Gasteiger partial charge in [-0.1, -0.05) is 6.07 Å². The fourth-order valence-electron chi connectivity index (χ4n) is 1.61. The van der Waals surface area contributed by atoms with E-state index < -0.39 is 0 Å². The van der Waals surface area contributed by atoms with Crippen LogP contribution in [0.15, 0.2) is 30.9 Å². The molecule has 0 aromatic carbocycles. The number of ether oxygens (including phenoxy) is 1. The Kier molecular flexibility index (Phi) is 3.30. The second-order valence-electron chi connectivity index (χ2n) is 3.72. The predicted molar refractivity (Wildman–Crippen MR) is 63.6 cm³/mol. The molecule has 2 aromatic heterocycles. The molecule has 1 atom stereocenters. The topological polar surface area (TPSA) is 73.9 Å². The van der Waals surface area contributed by atoms with Crippen LogP contribution < -0.4 is 10.5 Å². The summed E-state index contributed by atoms with van der Waals surface area (Å²) in [6.45, 7) is 1.97. The van der Waals surface area contributed by atoms with Crippen LogP contribution in [-0.4, -0.2) is 22.1 Å². The Bertz CT molecular complexity index is 515.